The molecule has 0 aliphatic carbocycles. The Balaban J connectivity index is 2.85. The summed E-state index contributed by atoms with van der Waals surface area (Å²) >= 11 is 0. The van der Waals surface area contributed by atoms with Crippen molar-refractivity contribution in [2.45, 2.75) is 52.7 Å². The van der Waals surface area contributed by atoms with Gasteiger partial charge in [0.2, 0.25) is 0 Å². The van der Waals surface area contributed by atoms with E-state index >= 15 is 0 Å². The molecule has 0 saturated carbocycles. The second-order valence-electron chi connectivity index (χ2n) is 5.55. The molecule has 0 aromatic carbocycles. The van der Waals surface area contributed by atoms with Crippen molar-refractivity contribution >= 4 is 11.9 Å². The van der Waals surface area contributed by atoms with Gasteiger partial charge in [-0.05, 0) is 34.1 Å². The van der Waals surface area contributed by atoms with E-state index in [9.17, 15) is 9.59 Å². The largest absolute Gasteiger partial charge is 0.465 e. The maximum absolute atomic E-state index is 12.2. The van der Waals surface area contributed by atoms with Crippen LogP contribution in [0.1, 0.15) is 40.5 Å². The zero-order valence-electron chi connectivity index (χ0n) is 12.7. The fraction of sp³-hybridized carbons (Fsp3) is 0.733. The molecule has 1 aliphatic heterocycles. The van der Waals surface area contributed by atoms with Crippen LogP contribution in [0, 0.1) is 5.41 Å². The highest BCUT2D eigenvalue weighted by atomic mass is 16.6. The maximum Gasteiger partial charge on any atom is 0.324 e. The molecule has 1 heterocycles. The van der Waals surface area contributed by atoms with E-state index in [1.165, 1.54) is 0 Å². The summed E-state index contributed by atoms with van der Waals surface area (Å²) in [6, 6.07) is 0. The van der Waals surface area contributed by atoms with Gasteiger partial charge >= 0.3 is 11.9 Å². The predicted octanol–water partition coefficient (Wildman–Crippen LogP) is 2.24. The lowest BCUT2D eigenvalue weighted by molar-refractivity contribution is -0.165. The summed E-state index contributed by atoms with van der Waals surface area (Å²) in [5.74, 6) is -1.06. The molecule has 0 bridgehead atoms. The van der Waals surface area contributed by atoms with Crippen molar-refractivity contribution < 1.29 is 23.8 Å². The number of hydrogen-bond acceptors (Lipinski definition) is 5. The highest BCUT2D eigenvalue weighted by molar-refractivity contribution is 6.01. The minimum Gasteiger partial charge on any atom is -0.465 e. The molecule has 1 aliphatic rings. The lowest BCUT2D eigenvalue weighted by Crippen LogP contribution is -2.37. The monoisotopic (exact) mass is 284 g/mol. The molecule has 0 amide bonds. The minimum absolute atomic E-state index is 0.0486. The Morgan fingerprint density at radius 1 is 1.55 bits per heavy atom. The number of ether oxygens (including phenoxy) is 3. The third-order valence-corrected chi connectivity index (χ3v) is 3.13. The molecule has 1 saturated heterocycles. The highest BCUT2D eigenvalue weighted by Gasteiger charge is 2.55. The Bertz CT molecular complexity index is 388. The van der Waals surface area contributed by atoms with Crippen molar-refractivity contribution in [3.63, 3.8) is 0 Å². The fourth-order valence-electron chi connectivity index (χ4n) is 2.34. The Morgan fingerprint density at radius 2 is 2.20 bits per heavy atom. The number of allylic oxidation sites excluding steroid dienone is 1. The van der Waals surface area contributed by atoms with Crippen LogP contribution in [0.2, 0.25) is 0 Å². The normalized spacial score (nSPS) is 25.6. The summed E-state index contributed by atoms with van der Waals surface area (Å²) in [6.45, 7) is 11.6. The Hall–Kier alpha value is -1.36. The van der Waals surface area contributed by atoms with E-state index in [1.54, 1.807) is 13.8 Å². The van der Waals surface area contributed by atoms with Gasteiger partial charge in [-0.1, -0.05) is 5.57 Å². The van der Waals surface area contributed by atoms with E-state index in [4.69, 9.17) is 14.2 Å². The Kier molecular flexibility index (Phi) is 5.74. The number of hydrogen-bond donors (Lipinski definition) is 0. The molecule has 5 heteroatoms. The average Bonchev–Trinajstić information content (AvgIpc) is 2.64. The van der Waals surface area contributed by atoms with Crippen LogP contribution < -0.4 is 0 Å². The summed E-state index contributed by atoms with van der Waals surface area (Å²) in [7, 11) is 0. The number of esters is 2. The lowest BCUT2D eigenvalue weighted by atomic mass is 9.79. The van der Waals surface area contributed by atoms with Gasteiger partial charge in [-0.15, -0.1) is 6.58 Å². The van der Waals surface area contributed by atoms with Crippen molar-refractivity contribution in [1.82, 2.24) is 0 Å². The number of rotatable bonds is 7. The quantitative estimate of drug-likeness (QED) is 0.407. The second kappa shape index (κ2) is 6.88. The molecule has 5 nitrogen and oxygen atoms in total. The molecule has 0 aromatic rings. The van der Waals surface area contributed by atoms with Crippen LogP contribution in [0.5, 0.6) is 0 Å². The molecule has 0 spiro atoms. The first-order chi connectivity index (χ1) is 9.31. The summed E-state index contributed by atoms with van der Waals surface area (Å²) in [6.07, 6.45) is 0.175. The maximum atomic E-state index is 12.2. The second-order valence-corrected chi connectivity index (χ2v) is 5.55. The van der Waals surface area contributed by atoms with Gasteiger partial charge in [0.1, 0.15) is 6.10 Å². The SMILES string of the molecule is C=C(C)CC1(C(=O)OCC)CC(COC(C)C)OC1=O. The molecule has 114 valence electrons. The molecule has 2 unspecified atom stereocenters. The lowest BCUT2D eigenvalue weighted by Gasteiger charge is -2.22. The zero-order valence-corrected chi connectivity index (χ0v) is 12.7. The van der Waals surface area contributed by atoms with E-state index in [-0.39, 0.29) is 25.6 Å². The van der Waals surface area contributed by atoms with E-state index in [0.29, 0.717) is 6.61 Å². The molecule has 20 heavy (non-hydrogen) atoms. The molecular weight excluding hydrogens is 260 g/mol. The highest BCUT2D eigenvalue weighted by Crippen LogP contribution is 2.40. The third-order valence-electron chi connectivity index (χ3n) is 3.13. The standard InChI is InChI=1S/C15H24O5/c1-6-18-13(16)15(7-10(2)3)8-12(20-14(15)17)9-19-11(4)5/h11-12H,2,6-9H2,1,3-5H3. The van der Waals surface area contributed by atoms with Crippen LogP contribution in [0.4, 0.5) is 0 Å². The number of cyclic esters (lactones) is 1. The van der Waals surface area contributed by atoms with Gasteiger partial charge in [-0.2, -0.15) is 0 Å². The molecule has 0 radical (unpaired) electrons. The van der Waals surface area contributed by atoms with Crippen LogP contribution in [-0.4, -0.2) is 37.4 Å². The fourth-order valence-corrected chi connectivity index (χ4v) is 2.34. The van der Waals surface area contributed by atoms with Crippen LogP contribution in [0.3, 0.4) is 0 Å². The van der Waals surface area contributed by atoms with E-state index in [1.807, 2.05) is 13.8 Å². The first-order valence-electron chi connectivity index (χ1n) is 6.96. The van der Waals surface area contributed by atoms with Gasteiger partial charge in [-0.3, -0.25) is 9.59 Å². The smallest absolute Gasteiger partial charge is 0.324 e. The number of carbonyl (C=O) groups is 2. The van der Waals surface area contributed by atoms with Crippen LogP contribution >= 0.6 is 0 Å². The van der Waals surface area contributed by atoms with Crippen molar-refractivity contribution in [3.8, 4) is 0 Å². The molecule has 1 rings (SSSR count). The van der Waals surface area contributed by atoms with Crippen molar-refractivity contribution in [2.24, 2.45) is 5.41 Å². The molecule has 1 fully saturated rings. The van der Waals surface area contributed by atoms with Gasteiger partial charge in [0.25, 0.3) is 0 Å². The van der Waals surface area contributed by atoms with Crippen molar-refractivity contribution in [1.29, 1.82) is 0 Å². The summed E-state index contributed by atoms with van der Waals surface area (Å²) < 4.78 is 15.8. The van der Waals surface area contributed by atoms with Gasteiger partial charge in [0.15, 0.2) is 5.41 Å². The van der Waals surface area contributed by atoms with E-state index in [2.05, 4.69) is 6.58 Å². The van der Waals surface area contributed by atoms with Gasteiger partial charge in [-0.25, -0.2) is 0 Å². The zero-order chi connectivity index (χ0) is 15.3. The van der Waals surface area contributed by atoms with Gasteiger partial charge in [0.05, 0.1) is 19.3 Å². The Morgan fingerprint density at radius 3 is 2.70 bits per heavy atom. The van der Waals surface area contributed by atoms with Crippen LogP contribution in [0.25, 0.3) is 0 Å². The van der Waals surface area contributed by atoms with E-state index in [0.717, 1.165) is 5.57 Å². The molecule has 2 atom stereocenters. The first kappa shape index (κ1) is 16.7. The topological polar surface area (TPSA) is 61.8 Å². The summed E-state index contributed by atoms with van der Waals surface area (Å²) in [4.78, 5) is 24.4. The molecule has 0 aromatic heterocycles. The molecular formula is C15H24O5. The van der Waals surface area contributed by atoms with Gasteiger partial charge in [0, 0.05) is 6.42 Å². The van der Waals surface area contributed by atoms with E-state index < -0.39 is 23.5 Å². The summed E-state index contributed by atoms with van der Waals surface area (Å²) in [5, 5.41) is 0. The average molecular weight is 284 g/mol. The van der Waals surface area contributed by atoms with Gasteiger partial charge < -0.3 is 14.2 Å². The third kappa shape index (κ3) is 3.82. The Labute approximate surface area is 120 Å². The van der Waals surface area contributed by atoms with Crippen LogP contribution in [0.15, 0.2) is 12.2 Å². The predicted molar refractivity (Wildman–Crippen MR) is 74.1 cm³/mol. The van der Waals surface area contributed by atoms with Crippen LogP contribution in [-0.2, 0) is 23.8 Å². The molecule has 0 N–H and O–H groups in total. The summed E-state index contributed by atoms with van der Waals surface area (Å²) in [5.41, 5.74) is -0.507. The van der Waals surface area contributed by atoms with Crippen molar-refractivity contribution in [2.75, 3.05) is 13.2 Å². The van der Waals surface area contributed by atoms with Crippen molar-refractivity contribution in [3.05, 3.63) is 12.2 Å². The minimum atomic E-state index is -1.26. The first-order valence-corrected chi connectivity index (χ1v) is 6.96. The number of carbonyl (C=O) groups excluding carboxylic acids is 2.